The number of nitrogens with zero attached hydrogens (tertiary/aromatic N) is 2. The van der Waals surface area contributed by atoms with E-state index in [1.165, 1.54) is 109 Å². The van der Waals surface area contributed by atoms with E-state index in [9.17, 15) is 0 Å². The molecule has 74 heavy (non-hydrogen) atoms. The van der Waals surface area contributed by atoms with Crippen molar-refractivity contribution in [3.8, 4) is 33.8 Å². The summed E-state index contributed by atoms with van der Waals surface area (Å²) in [6.45, 7) is 18.8. The summed E-state index contributed by atoms with van der Waals surface area (Å²) < 4.78 is 10.0. The molecule has 1 aromatic heterocycles. The van der Waals surface area contributed by atoms with Gasteiger partial charge in [-0.1, -0.05) is 201 Å². The Morgan fingerprint density at radius 1 is 0.527 bits per heavy atom. The first-order valence-corrected chi connectivity index (χ1v) is 27.3. The first kappa shape index (κ1) is 45.1. The molecule has 0 radical (unpaired) electrons. The average Bonchev–Trinajstić information content (AvgIpc) is 3.78. The molecule has 0 saturated carbocycles. The molecular weight excluding hydrogens is 916 g/mol. The molecule has 0 fully saturated rings. The number of benzene rings is 9. The van der Waals surface area contributed by atoms with Gasteiger partial charge in [0.25, 0.3) is 6.71 Å². The molecule has 3 nitrogen and oxygen atoms in total. The van der Waals surface area contributed by atoms with Crippen molar-refractivity contribution in [3.05, 3.63) is 217 Å². The average molecular weight is 975 g/mol. The number of hydrogen-bond acceptors (Lipinski definition) is 4. The fourth-order valence-electron chi connectivity index (χ4n) is 13.0. The van der Waals surface area contributed by atoms with Gasteiger partial charge in [-0.3, -0.25) is 0 Å². The minimum Gasteiger partial charge on any atom is -0.457 e. The zero-order valence-electron chi connectivity index (χ0n) is 43.5. The Balaban J connectivity index is 1.12. The van der Waals surface area contributed by atoms with Gasteiger partial charge in [0, 0.05) is 54.6 Å². The number of ether oxygens (including phenoxy) is 1. The second kappa shape index (κ2) is 16.2. The summed E-state index contributed by atoms with van der Waals surface area (Å²) in [4.78, 5) is 5.25. The zero-order valence-corrected chi connectivity index (χ0v) is 44.3. The fourth-order valence-corrected chi connectivity index (χ4v) is 14.3. The number of allylic oxidation sites excluding steroid dienone is 2. The molecule has 9 aromatic carbocycles. The van der Waals surface area contributed by atoms with Crippen molar-refractivity contribution >= 4 is 93.8 Å². The summed E-state index contributed by atoms with van der Waals surface area (Å²) in [7, 11) is 0. The fraction of sp³-hybridized carbons (Fsp3) is 0.188. The second-order valence-electron chi connectivity index (χ2n) is 23.7. The van der Waals surface area contributed by atoms with Crippen molar-refractivity contribution in [1.82, 2.24) is 0 Å². The van der Waals surface area contributed by atoms with Gasteiger partial charge in [-0.25, -0.2) is 0 Å². The Morgan fingerprint density at radius 3 is 1.82 bits per heavy atom. The maximum absolute atomic E-state index is 7.50. The van der Waals surface area contributed by atoms with Gasteiger partial charge in [-0.15, -0.1) is 11.3 Å². The van der Waals surface area contributed by atoms with Crippen molar-refractivity contribution < 1.29 is 4.74 Å². The van der Waals surface area contributed by atoms with Gasteiger partial charge in [-0.05, 0) is 137 Å². The van der Waals surface area contributed by atoms with Gasteiger partial charge in [0.15, 0.2) is 0 Å². The summed E-state index contributed by atoms with van der Waals surface area (Å²) in [5.74, 6) is 2.21. The molecule has 14 rings (SSSR count). The van der Waals surface area contributed by atoms with Crippen molar-refractivity contribution in [2.75, 3.05) is 9.80 Å². The number of thiophene rings is 1. The lowest BCUT2D eigenvalue weighted by atomic mass is 9.36. The predicted molar refractivity (Wildman–Crippen MR) is 318 cm³/mol. The van der Waals surface area contributed by atoms with Crippen LogP contribution in [0.15, 0.2) is 200 Å². The quantitative estimate of drug-likeness (QED) is 0.129. The number of hydrogen-bond donors (Lipinski definition) is 0. The SMILES string of the molecule is CC(C)(C)c1cc2c3c(c1)N(c1ccc4c(-c5ccccc5)c5ccccc5c(-c5ccccc5)c4c1)c1cc4c(cc1B3c1sc3ccc(C(C)(C)C)cc3c1O2)C(C)(C)C1C=CC=CC1N4c1ccccc1. The molecule has 2 unspecified atom stereocenters. The number of rotatable bonds is 4. The lowest BCUT2D eigenvalue weighted by Gasteiger charge is -2.52. The van der Waals surface area contributed by atoms with E-state index >= 15 is 0 Å². The van der Waals surface area contributed by atoms with Gasteiger partial charge in [0.2, 0.25) is 0 Å². The molecule has 4 heterocycles. The lowest BCUT2D eigenvalue weighted by Crippen LogP contribution is -2.59. The molecule has 0 saturated heterocycles. The molecule has 10 aromatic rings. The van der Waals surface area contributed by atoms with Crippen molar-refractivity contribution in [3.63, 3.8) is 0 Å². The molecule has 360 valence electrons. The van der Waals surface area contributed by atoms with E-state index in [0.29, 0.717) is 0 Å². The third-order valence-corrected chi connectivity index (χ3v) is 18.1. The molecule has 0 amide bonds. The normalized spacial score (nSPS) is 17.2. The Kier molecular flexibility index (Phi) is 9.86. The Labute approximate surface area is 440 Å². The third-order valence-electron chi connectivity index (χ3n) is 16.8. The van der Waals surface area contributed by atoms with E-state index in [1.807, 2.05) is 11.3 Å². The highest BCUT2D eigenvalue weighted by Gasteiger charge is 2.50. The van der Waals surface area contributed by atoms with Gasteiger partial charge in [0.1, 0.15) is 11.5 Å². The largest absolute Gasteiger partial charge is 0.457 e. The molecule has 4 aliphatic rings. The van der Waals surface area contributed by atoms with E-state index in [2.05, 4.69) is 265 Å². The number of fused-ring (bicyclic) bond motifs is 10. The molecule has 1 aliphatic carbocycles. The molecule has 0 bridgehead atoms. The summed E-state index contributed by atoms with van der Waals surface area (Å²) in [6, 6.07) is 66.7. The van der Waals surface area contributed by atoms with Gasteiger partial charge in [-0.2, -0.15) is 0 Å². The number of anilines is 5. The molecule has 0 spiro atoms. The summed E-state index contributed by atoms with van der Waals surface area (Å²) >= 11 is 1.91. The first-order chi connectivity index (χ1) is 35.7. The van der Waals surface area contributed by atoms with Crippen LogP contribution < -0.4 is 30.2 Å². The van der Waals surface area contributed by atoms with Crippen LogP contribution in [0.25, 0.3) is 53.9 Å². The van der Waals surface area contributed by atoms with E-state index in [-0.39, 0.29) is 34.9 Å². The maximum Gasteiger partial charge on any atom is 0.268 e. The van der Waals surface area contributed by atoms with Crippen molar-refractivity contribution in [2.24, 2.45) is 5.92 Å². The van der Waals surface area contributed by atoms with Gasteiger partial charge in [0.05, 0.1) is 6.04 Å². The zero-order chi connectivity index (χ0) is 50.4. The lowest BCUT2D eigenvalue weighted by molar-refractivity contribution is 0.332. The van der Waals surface area contributed by atoms with Crippen LogP contribution in [-0.2, 0) is 16.2 Å². The smallest absolute Gasteiger partial charge is 0.268 e. The highest BCUT2D eigenvalue weighted by atomic mass is 32.1. The van der Waals surface area contributed by atoms with E-state index < -0.39 is 0 Å². The van der Waals surface area contributed by atoms with Crippen molar-refractivity contribution in [1.29, 1.82) is 0 Å². The van der Waals surface area contributed by atoms with Crippen LogP contribution >= 0.6 is 11.3 Å². The predicted octanol–water partition coefficient (Wildman–Crippen LogP) is 17.1. The van der Waals surface area contributed by atoms with Crippen molar-refractivity contribution in [2.45, 2.75) is 77.7 Å². The molecule has 3 aliphatic heterocycles. The topological polar surface area (TPSA) is 15.7 Å². The standard InChI is InChI=1S/C69H59BN2OS/c1-67(2,3)44-32-35-61-52(36-44)65-66(74-61)70-55-40-54-57(71(46-26-16-11-17-27-46)56-31-21-20-30-53(56)69(54,7)8)41-58(55)72(59-37-45(68(4,5)6)38-60(73-65)64(59)70)47-33-34-50-51(39-47)63(43-24-14-10-15-25-43)49-29-19-18-28-48(49)62(50)42-22-12-9-13-23-42/h9-41,53,56H,1-8H3. The molecular formula is C69H59BN2OS. The monoisotopic (exact) mass is 974 g/mol. The Morgan fingerprint density at radius 2 is 1.15 bits per heavy atom. The summed E-state index contributed by atoms with van der Waals surface area (Å²) in [5.41, 5.74) is 17.0. The maximum atomic E-state index is 7.50. The van der Waals surface area contributed by atoms with Crippen LogP contribution in [0.4, 0.5) is 28.4 Å². The van der Waals surface area contributed by atoms with E-state index in [0.717, 1.165) is 17.2 Å². The van der Waals surface area contributed by atoms with Crippen LogP contribution in [-0.4, -0.2) is 12.8 Å². The van der Waals surface area contributed by atoms with E-state index in [1.54, 1.807) is 0 Å². The molecule has 0 N–H and O–H groups in total. The van der Waals surface area contributed by atoms with Gasteiger partial charge >= 0.3 is 0 Å². The summed E-state index contributed by atoms with van der Waals surface area (Å²) in [5, 5.41) is 6.15. The highest BCUT2D eigenvalue weighted by molar-refractivity contribution is 7.33. The second-order valence-corrected chi connectivity index (χ2v) is 24.8. The first-order valence-electron chi connectivity index (χ1n) is 26.4. The van der Waals surface area contributed by atoms with Crippen LogP contribution in [0.5, 0.6) is 11.5 Å². The Hall–Kier alpha value is -7.60. The Bertz CT molecular complexity index is 4010. The minimum absolute atomic E-state index is 0.00956. The number of para-hydroxylation sites is 1. The van der Waals surface area contributed by atoms with Crippen LogP contribution in [0.1, 0.15) is 72.1 Å². The van der Waals surface area contributed by atoms with E-state index in [4.69, 9.17) is 4.74 Å². The highest BCUT2D eigenvalue weighted by Crippen LogP contribution is 2.55. The molecule has 5 heteroatoms. The molecule has 2 atom stereocenters. The van der Waals surface area contributed by atoms with Crippen LogP contribution in [0.3, 0.4) is 0 Å². The van der Waals surface area contributed by atoms with Crippen LogP contribution in [0, 0.1) is 5.92 Å². The van der Waals surface area contributed by atoms with Crippen LogP contribution in [0.2, 0.25) is 0 Å². The summed E-state index contributed by atoms with van der Waals surface area (Å²) in [6.07, 6.45) is 9.39. The third kappa shape index (κ3) is 6.71. The minimum atomic E-state index is -0.191. The van der Waals surface area contributed by atoms with Gasteiger partial charge < -0.3 is 14.5 Å².